The average molecular weight is 250 g/mol. The van der Waals surface area contributed by atoms with E-state index < -0.39 is 15.8 Å². The topological polar surface area (TPSA) is 58.6 Å². The number of methoxy groups -OCH3 is 1. The molecule has 0 amide bonds. The predicted octanol–water partition coefficient (Wildman–Crippen LogP) is -2.20. The third-order valence-electron chi connectivity index (χ3n) is 2.61. The zero-order chi connectivity index (χ0) is 10.9. The molecule has 1 aliphatic heterocycles. The molecule has 4 nitrogen and oxygen atoms in total. The summed E-state index contributed by atoms with van der Waals surface area (Å²) in [6.07, 6.45) is 0. The number of rotatable bonds is 3. The van der Waals surface area contributed by atoms with E-state index in [1.165, 1.54) is 0 Å². The first kappa shape index (κ1) is 14.2. The molecule has 0 spiro atoms. The number of benzene rings is 1. The van der Waals surface area contributed by atoms with Crippen LogP contribution in [0.15, 0.2) is 24.3 Å². The Labute approximate surface area is 119 Å². The molecule has 1 atom stereocenters. The maximum atomic E-state index is 11.1. The average Bonchev–Trinajstić information content (AvgIpc) is 2.16. The second kappa shape index (κ2) is 5.62. The van der Waals surface area contributed by atoms with Crippen LogP contribution in [0.4, 0.5) is 0 Å². The molecule has 1 aliphatic rings. The summed E-state index contributed by atoms with van der Waals surface area (Å²) in [5.41, 5.74) is 0.753. The fraction of sp³-hybridized carbons (Fsp3) is 0.400. The summed E-state index contributed by atoms with van der Waals surface area (Å²) in [6, 6.07) is 7.03. The minimum atomic E-state index is -2.16. The van der Waals surface area contributed by atoms with Gasteiger partial charge in [-0.05, 0) is 28.8 Å². The molecule has 82 valence electrons. The zero-order valence-electron chi connectivity index (χ0n) is 9.26. The van der Waals surface area contributed by atoms with Gasteiger partial charge in [0.25, 0.3) is 0 Å². The molecule has 2 rings (SSSR count). The van der Waals surface area contributed by atoms with E-state index in [4.69, 9.17) is 9.47 Å². The number of ether oxygens (including phenoxy) is 2. The third-order valence-corrected chi connectivity index (χ3v) is 3.72. The van der Waals surface area contributed by atoms with Gasteiger partial charge in [0.1, 0.15) is 10.5 Å². The van der Waals surface area contributed by atoms with Crippen molar-refractivity contribution in [3.05, 3.63) is 29.8 Å². The van der Waals surface area contributed by atoms with Crippen LogP contribution in [0.5, 0.6) is 5.75 Å². The van der Waals surface area contributed by atoms with Crippen molar-refractivity contribution in [1.29, 1.82) is 0 Å². The van der Waals surface area contributed by atoms with Crippen molar-refractivity contribution in [2.75, 3.05) is 20.3 Å². The Hall–Kier alpha value is 0.0900. The Morgan fingerprint density at radius 1 is 1.38 bits per heavy atom. The van der Waals surface area contributed by atoms with Gasteiger partial charge in [-0.3, -0.25) is 4.21 Å². The minimum Gasteiger partial charge on any atom is -0.772 e. The first-order chi connectivity index (χ1) is 7.19. The van der Waals surface area contributed by atoms with Crippen molar-refractivity contribution in [3.63, 3.8) is 0 Å². The van der Waals surface area contributed by atoms with E-state index in [1.54, 1.807) is 31.4 Å². The van der Waals surface area contributed by atoms with Crippen LogP contribution in [-0.2, 0) is 20.6 Å². The van der Waals surface area contributed by atoms with E-state index in [2.05, 4.69) is 0 Å². The molecule has 1 saturated heterocycles. The summed E-state index contributed by atoms with van der Waals surface area (Å²) < 4.78 is 31.4. The smallest absolute Gasteiger partial charge is 0.772 e. The largest absolute Gasteiger partial charge is 1.00 e. The van der Waals surface area contributed by atoms with Crippen molar-refractivity contribution < 1.29 is 47.8 Å². The van der Waals surface area contributed by atoms with Crippen LogP contribution in [0.25, 0.3) is 0 Å². The van der Waals surface area contributed by atoms with E-state index in [1.807, 2.05) is 0 Å². The summed E-state index contributed by atoms with van der Waals surface area (Å²) in [4.78, 5) is 0. The maximum absolute atomic E-state index is 11.1. The summed E-state index contributed by atoms with van der Waals surface area (Å²) in [6.45, 7) is 0.463. The van der Waals surface area contributed by atoms with E-state index >= 15 is 0 Å². The number of hydrogen-bond acceptors (Lipinski definition) is 4. The van der Waals surface area contributed by atoms with Gasteiger partial charge in [0.05, 0.1) is 20.3 Å². The molecule has 0 bridgehead atoms. The fourth-order valence-corrected chi connectivity index (χ4v) is 2.23. The van der Waals surface area contributed by atoms with Gasteiger partial charge >= 0.3 is 29.6 Å². The molecule has 1 unspecified atom stereocenters. The summed E-state index contributed by atoms with van der Waals surface area (Å²) in [5, 5.41) is 0. The first-order valence-corrected chi connectivity index (χ1v) is 5.58. The molecule has 16 heavy (non-hydrogen) atoms. The van der Waals surface area contributed by atoms with Crippen LogP contribution >= 0.6 is 0 Å². The summed E-state index contributed by atoms with van der Waals surface area (Å²) in [5.74, 6) is 0.714. The molecule has 0 saturated carbocycles. The van der Waals surface area contributed by atoms with Gasteiger partial charge in [-0.15, -0.1) is 0 Å². The Kier molecular flexibility index (Phi) is 4.97. The molecule has 1 fully saturated rings. The van der Waals surface area contributed by atoms with E-state index in [9.17, 15) is 8.76 Å². The van der Waals surface area contributed by atoms with Gasteiger partial charge in [0.2, 0.25) is 0 Å². The second-order valence-electron chi connectivity index (χ2n) is 3.45. The van der Waals surface area contributed by atoms with Gasteiger partial charge in [-0.1, -0.05) is 12.1 Å². The predicted molar refractivity (Wildman–Crippen MR) is 54.4 cm³/mol. The van der Waals surface area contributed by atoms with E-state index in [0.29, 0.717) is 5.75 Å². The molecule has 0 aliphatic carbocycles. The molecule has 1 heterocycles. The maximum Gasteiger partial charge on any atom is 1.00 e. The quantitative estimate of drug-likeness (QED) is 0.451. The van der Waals surface area contributed by atoms with Crippen molar-refractivity contribution in [1.82, 2.24) is 0 Å². The Morgan fingerprint density at radius 3 is 2.25 bits per heavy atom. The Bertz CT molecular complexity index is 375. The molecule has 0 N–H and O–H groups in total. The number of hydrogen-bond donors (Lipinski definition) is 0. The van der Waals surface area contributed by atoms with Crippen LogP contribution < -0.4 is 34.3 Å². The van der Waals surface area contributed by atoms with E-state index in [0.717, 1.165) is 5.56 Å². The normalized spacial score (nSPS) is 19.1. The zero-order valence-corrected chi connectivity index (χ0v) is 12.1. The van der Waals surface area contributed by atoms with Crippen molar-refractivity contribution >= 4 is 11.1 Å². The fourth-order valence-electron chi connectivity index (χ4n) is 1.54. The van der Waals surface area contributed by atoms with Crippen LogP contribution in [0.1, 0.15) is 5.56 Å². The molecule has 0 radical (unpaired) electrons. The van der Waals surface area contributed by atoms with Crippen LogP contribution in [0, 0.1) is 0 Å². The van der Waals surface area contributed by atoms with Gasteiger partial charge in [0, 0.05) is 0 Å². The minimum absolute atomic E-state index is 0. The molecule has 1 aromatic carbocycles. The van der Waals surface area contributed by atoms with Crippen LogP contribution in [0.3, 0.4) is 0 Å². The monoisotopic (exact) mass is 250 g/mol. The Morgan fingerprint density at radius 2 is 1.94 bits per heavy atom. The van der Waals surface area contributed by atoms with Gasteiger partial charge < -0.3 is 14.0 Å². The van der Waals surface area contributed by atoms with Crippen molar-refractivity contribution in [2.24, 2.45) is 0 Å². The van der Waals surface area contributed by atoms with Crippen LogP contribution in [0.2, 0.25) is 0 Å². The van der Waals surface area contributed by atoms with Crippen molar-refractivity contribution in [2.45, 2.75) is 4.75 Å². The third kappa shape index (κ3) is 2.34. The van der Waals surface area contributed by atoms with Crippen molar-refractivity contribution in [3.8, 4) is 5.75 Å². The second-order valence-corrected chi connectivity index (χ2v) is 4.70. The first-order valence-electron chi connectivity index (χ1n) is 4.51. The Balaban J connectivity index is 0.00000128. The molecule has 6 heteroatoms. The standard InChI is InChI=1S/C10H12O4S.Na/c1-13-9-4-2-8(3-5-9)10(15(11)12)6-14-7-10;/h2-5H,6-7H2,1H3,(H,11,12);/q;+1/p-1. The van der Waals surface area contributed by atoms with Gasteiger partial charge in [-0.25, -0.2) is 0 Å². The SMILES string of the molecule is COc1ccc(C2(S(=O)[O-])COC2)cc1.[Na+]. The van der Waals surface area contributed by atoms with Crippen LogP contribution in [-0.4, -0.2) is 29.1 Å². The summed E-state index contributed by atoms with van der Waals surface area (Å²) in [7, 11) is 1.57. The summed E-state index contributed by atoms with van der Waals surface area (Å²) >= 11 is -2.16. The molecule has 1 aromatic rings. The van der Waals surface area contributed by atoms with E-state index in [-0.39, 0.29) is 42.8 Å². The molecule has 0 aromatic heterocycles. The molecular weight excluding hydrogens is 239 g/mol. The van der Waals surface area contributed by atoms with Gasteiger partial charge in [0.15, 0.2) is 0 Å². The van der Waals surface area contributed by atoms with Gasteiger partial charge in [-0.2, -0.15) is 0 Å². The molecular formula is C10H11NaO4S.